The first-order valence-electron chi connectivity index (χ1n) is 8.23. The van der Waals surface area contributed by atoms with Gasteiger partial charge in [-0.1, -0.05) is 13.8 Å². The van der Waals surface area contributed by atoms with Crippen LogP contribution >= 0.6 is 0 Å². The minimum atomic E-state index is -0.708. The van der Waals surface area contributed by atoms with Crippen LogP contribution in [0.15, 0.2) is 18.2 Å². The summed E-state index contributed by atoms with van der Waals surface area (Å²) >= 11 is 0. The van der Waals surface area contributed by atoms with Gasteiger partial charge in [-0.25, -0.2) is 0 Å². The van der Waals surface area contributed by atoms with Gasteiger partial charge in [-0.05, 0) is 25.0 Å². The molecular weight excluding hydrogens is 340 g/mol. The van der Waals surface area contributed by atoms with E-state index in [1.54, 1.807) is 6.07 Å². The topological polar surface area (TPSA) is 103 Å². The summed E-state index contributed by atoms with van der Waals surface area (Å²) in [7, 11) is 2.94. The van der Waals surface area contributed by atoms with Crippen molar-refractivity contribution in [1.29, 1.82) is 0 Å². The van der Waals surface area contributed by atoms with E-state index < -0.39 is 18.5 Å². The van der Waals surface area contributed by atoms with Gasteiger partial charge in [-0.2, -0.15) is 0 Å². The summed E-state index contributed by atoms with van der Waals surface area (Å²) in [4.78, 5) is 35.5. The van der Waals surface area contributed by atoms with Crippen molar-refractivity contribution in [3.63, 3.8) is 0 Å². The molecular formula is C18H26N2O6. The first kappa shape index (κ1) is 21.3. The van der Waals surface area contributed by atoms with Crippen molar-refractivity contribution in [2.24, 2.45) is 5.92 Å². The summed E-state index contributed by atoms with van der Waals surface area (Å²) in [6, 6.07) is 4.64. The van der Waals surface area contributed by atoms with Crippen LogP contribution in [0.25, 0.3) is 0 Å². The van der Waals surface area contributed by atoms with Crippen LogP contribution in [-0.4, -0.2) is 51.2 Å². The fourth-order valence-electron chi connectivity index (χ4n) is 1.85. The maximum absolute atomic E-state index is 12.1. The SMILES string of the molecule is COc1cc(OC)cc(C(=O)NCC(=O)OCC(=O)N[C@@H](C)C(C)C)c1. The molecule has 0 aliphatic rings. The Balaban J connectivity index is 2.47. The average molecular weight is 366 g/mol. The highest BCUT2D eigenvalue weighted by molar-refractivity contribution is 5.96. The summed E-state index contributed by atoms with van der Waals surface area (Å²) < 4.78 is 15.0. The normalized spacial score (nSPS) is 11.5. The van der Waals surface area contributed by atoms with Gasteiger partial charge in [0.1, 0.15) is 18.0 Å². The molecule has 1 rings (SSSR count). The molecule has 0 fully saturated rings. The quantitative estimate of drug-likeness (QED) is 0.635. The van der Waals surface area contributed by atoms with Crippen LogP contribution in [0.5, 0.6) is 11.5 Å². The van der Waals surface area contributed by atoms with E-state index in [9.17, 15) is 14.4 Å². The highest BCUT2D eigenvalue weighted by Crippen LogP contribution is 2.22. The van der Waals surface area contributed by atoms with Crippen molar-refractivity contribution in [3.05, 3.63) is 23.8 Å². The highest BCUT2D eigenvalue weighted by Gasteiger charge is 2.14. The lowest BCUT2D eigenvalue weighted by atomic mass is 10.1. The Morgan fingerprint density at radius 3 is 2.08 bits per heavy atom. The summed E-state index contributed by atoms with van der Waals surface area (Å²) in [5.41, 5.74) is 0.275. The van der Waals surface area contributed by atoms with Crippen LogP contribution in [0, 0.1) is 5.92 Å². The number of benzene rings is 1. The van der Waals surface area contributed by atoms with Crippen molar-refractivity contribution < 1.29 is 28.6 Å². The predicted molar refractivity (Wildman–Crippen MR) is 95.3 cm³/mol. The third-order valence-corrected chi connectivity index (χ3v) is 3.76. The Bertz CT molecular complexity index is 622. The van der Waals surface area contributed by atoms with Gasteiger partial charge in [0.25, 0.3) is 11.8 Å². The number of esters is 1. The molecule has 8 nitrogen and oxygen atoms in total. The number of methoxy groups -OCH3 is 2. The number of ether oxygens (including phenoxy) is 3. The van der Waals surface area contributed by atoms with Gasteiger partial charge in [0.2, 0.25) is 0 Å². The van der Waals surface area contributed by atoms with Crippen LogP contribution in [0.1, 0.15) is 31.1 Å². The van der Waals surface area contributed by atoms with E-state index in [1.807, 2.05) is 20.8 Å². The lowest BCUT2D eigenvalue weighted by molar-refractivity contribution is -0.147. The molecule has 0 heterocycles. The van der Waals surface area contributed by atoms with Crippen LogP contribution < -0.4 is 20.1 Å². The molecule has 0 aliphatic heterocycles. The molecule has 26 heavy (non-hydrogen) atoms. The molecule has 0 spiro atoms. The third kappa shape index (κ3) is 7.00. The summed E-state index contributed by atoms with van der Waals surface area (Å²) in [5, 5.41) is 5.15. The Labute approximate surface area is 153 Å². The fraction of sp³-hybridized carbons (Fsp3) is 0.500. The van der Waals surface area contributed by atoms with Crippen molar-refractivity contribution in [2.45, 2.75) is 26.8 Å². The van der Waals surface area contributed by atoms with E-state index in [0.29, 0.717) is 11.5 Å². The lowest BCUT2D eigenvalue weighted by Gasteiger charge is -2.17. The van der Waals surface area contributed by atoms with E-state index in [4.69, 9.17) is 14.2 Å². The van der Waals surface area contributed by atoms with E-state index in [0.717, 1.165) is 0 Å². The summed E-state index contributed by atoms with van der Waals surface area (Å²) in [6.07, 6.45) is 0. The molecule has 0 aromatic heterocycles. The second-order valence-corrected chi connectivity index (χ2v) is 6.04. The van der Waals surface area contributed by atoms with E-state index >= 15 is 0 Å². The molecule has 2 amide bonds. The molecule has 0 saturated carbocycles. The summed E-state index contributed by atoms with van der Waals surface area (Å²) in [5.74, 6) is -0.407. The third-order valence-electron chi connectivity index (χ3n) is 3.76. The standard InChI is InChI=1S/C18H26N2O6/c1-11(2)12(3)20-16(21)10-26-17(22)9-19-18(23)13-6-14(24-4)8-15(7-13)25-5/h6-8,11-12H,9-10H2,1-5H3,(H,19,23)(H,20,21)/t12-/m0/s1. The molecule has 0 bridgehead atoms. The molecule has 8 heteroatoms. The van der Waals surface area contributed by atoms with Gasteiger partial charge in [-0.15, -0.1) is 0 Å². The lowest BCUT2D eigenvalue weighted by Crippen LogP contribution is -2.39. The highest BCUT2D eigenvalue weighted by atomic mass is 16.5. The number of rotatable bonds is 9. The van der Waals surface area contributed by atoms with Crippen molar-refractivity contribution in [2.75, 3.05) is 27.4 Å². The summed E-state index contributed by atoms with van der Waals surface area (Å²) in [6.45, 7) is 5.07. The zero-order chi connectivity index (χ0) is 19.7. The minimum Gasteiger partial charge on any atom is -0.497 e. The second-order valence-electron chi connectivity index (χ2n) is 6.04. The van der Waals surface area contributed by atoms with E-state index in [2.05, 4.69) is 10.6 Å². The Morgan fingerprint density at radius 2 is 1.58 bits per heavy atom. The predicted octanol–water partition coefficient (Wildman–Crippen LogP) is 1.14. The van der Waals surface area contributed by atoms with Gasteiger partial charge in [-0.3, -0.25) is 14.4 Å². The molecule has 0 saturated heterocycles. The Kier molecular flexibility index (Phi) is 8.41. The molecule has 0 unspecified atom stereocenters. The van der Waals surface area contributed by atoms with Crippen LogP contribution in [0.2, 0.25) is 0 Å². The zero-order valence-electron chi connectivity index (χ0n) is 15.8. The molecule has 1 atom stereocenters. The zero-order valence-corrected chi connectivity index (χ0v) is 15.8. The van der Waals surface area contributed by atoms with Crippen molar-refractivity contribution >= 4 is 17.8 Å². The fourth-order valence-corrected chi connectivity index (χ4v) is 1.85. The van der Waals surface area contributed by atoms with Gasteiger partial charge in [0.15, 0.2) is 6.61 Å². The number of carbonyl (C=O) groups excluding carboxylic acids is 3. The smallest absolute Gasteiger partial charge is 0.325 e. The Morgan fingerprint density at radius 1 is 1.00 bits per heavy atom. The van der Waals surface area contributed by atoms with Gasteiger partial charge < -0.3 is 24.8 Å². The molecule has 1 aromatic carbocycles. The van der Waals surface area contributed by atoms with E-state index in [1.165, 1.54) is 26.4 Å². The largest absolute Gasteiger partial charge is 0.497 e. The first-order valence-corrected chi connectivity index (χ1v) is 8.23. The van der Waals surface area contributed by atoms with Gasteiger partial charge in [0, 0.05) is 17.7 Å². The Hall–Kier alpha value is -2.77. The molecule has 144 valence electrons. The number of hydrogen-bond donors (Lipinski definition) is 2. The molecule has 0 radical (unpaired) electrons. The molecule has 1 aromatic rings. The first-order chi connectivity index (χ1) is 12.3. The van der Waals surface area contributed by atoms with Crippen LogP contribution in [0.3, 0.4) is 0 Å². The van der Waals surface area contributed by atoms with Crippen LogP contribution in [-0.2, 0) is 14.3 Å². The van der Waals surface area contributed by atoms with Gasteiger partial charge in [0.05, 0.1) is 14.2 Å². The number of hydrogen-bond acceptors (Lipinski definition) is 6. The number of carbonyl (C=O) groups is 3. The van der Waals surface area contributed by atoms with Crippen molar-refractivity contribution in [1.82, 2.24) is 10.6 Å². The second kappa shape index (κ2) is 10.3. The maximum atomic E-state index is 12.1. The van der Waals surface area contributed by atoms with Gasteiger partial charge >= 0.3 is 5.97 Å². The molecule has 0 aliphatic carbocycles. The minimum absolute atomic E-state index is 0.0241. The van der Waals surface area contributed by atoms with E-state index in [-0.39, 0.29) is 30.0 Å². The number of nitrogens with one attached hydrogen (secondary N) is 2. The maximum Gasteiger partial charge on any atom is 0.325 e. The number of amides is 2. The van der Waals surface area contributed by atoms with Crippen molar-refractivity contribution in [3.8, 4) is 11.5 Å². The monoisotopic (exact) mass is 366 g/mol. The average Bonchev–Trinajstić information content (AvgIpc) is 2.63. The molecule has 2 N–H and O–H groups in total. The van der Waals surface area contributed by atoms with Crippen LogP contribution in [0.4, 0.5) is 0 Å².